The third kappa shape index (κ3) is 4.82. The highest BCUT2D eigenvalue weighted by Gasteiger charge is 2.16. The van der Waals surface area contributed by atoms with Gasteiger partial charge in [0.05, 0.1) is 5.56 Å². The Balaban J connectivity index is 1.54. The molecule has 27 heavy (non-hydrogen) atoms. The van der Waals surface area contributed by atoms with Gasteiger partial charge in [-0.3, -0.25) is 9.59 Å². The number of carbonyl (C=O) groups excluding carboxylic acids is 3. The number of hydrogen-bond donors (Lipinski definition) is 1. The topological polar surface area (TPSA) is 72.5 Å². The number of ether oxygens (including phenoxy) is 1. The van der Waals surface area contributed by atoms with Crippen molar-refractivity contribution < 1.29 is 19.1 Å². The van der Waals surface area contributed by atoms with Gasteiger partial charge in [0.1, 0.15) is 0 Å². The molecule has 0 atom stereocenters. The van der Waals surface area contributed by atoms with E-state index in [1.54, 1.807) is 30.3 Å². The van der Waals surface area contributed by atoms with Crippen LogP contribution in [0.5, 0.6) is 0 Å². The van der Waals surface area contributed by atoms with Crippen LogP contribution in [0.1, 0.15) is 58.0 Å². The second-order valence-corrected chi connectivity index (χ2v) is 6.71. The predicted octanol–water partition coefficient (Wildman–Crippen LogP) is 3.95. The monoisotopic (exact) mass is 365 g/mol. The number of fused-ring (bicyclic) bond motifs is 1. The van der Waals surface area contributed by atoms with E-state index in [1.165, 1.54) is 11.1 Å². The molecule has 1 aliphatic carbocycles. The van der Waals surface area contributed by atoms with Gasteiger partial charge in [0.25, 0.3) is 0 Å². The molecule has 3 rings (SSSR count). The van der Waals surface area contributed by atoms with Crippen molar-refractivity contribution in [2.75, 3.05) is 11.9 Å². The third-order valence-corrected chi connectivity index (χ3v) is 4.64. The molecular weight excluding hydrogens is 342 g/mol. The molecule has 0 spiro atoms. The molecule has 1 aliphatic rings. The van der Waals surface area contributed by atoms with Crippen molar-refractivity contribution >= 4 is 23.3 Å². The second kappa shape index (κ2) is 8.62. The fraction of sp³-hybridized carbons (Fsp3) is 0.318. The summed E-state index contributed by atoms with van der Waals surface area (Å²) in [6.45, 7) is 1.63. The number of anilines is 1. The number of nitrogens with one attached hydrogen (secondary N) is 1. The van der Waals surface area contributed by atoms with Gasteiger partial charge in [0.2, 0.25) is 5.91 Å². The number of ketones is 1. The van der Waals surface area contributed by atoms with Crippen molar-refractivity contribution in [1.29, 1.82) is 0 Å². The maximum atomic E-state index is 12.2. The SMILES string of the molecule is CCCC(=O)Nc1ccc(C(=O)COC(=O)c2ccc3c(c2)CCC3)cc1. The Morgan fingerprint density at radius 3 is 2.41 bits per heavy atom. The van der Waals surface area contributed by atoms with Crippen LogP contribution in [0.4, 0.5) is 5.69 Å². The standard InChI is InChI=1S/C22H23NO4/c1-2-4-21(25)23-19-11-9-16(10-12-19)20(24)14-27-22(26)18-8-7-15-5-3-6-17(15)13-18/h7-13H,2-6,14H2,1H3,(H,23,25). The maximum absolute atomic E-state index is 12.2. The number of hydrogen-bond acceptors (Lipinski definition) is 4. The summed E-state index contributed by atoms with van der Waals surface area (Å²) < 4.78 is 5.17. The molecule has 0 radical (unpaired) electrons. The first kappa shape index (κ1) is 18.8. The van der Waals surface area contributed by atoms with E-state index in [1.807, 2.05) is 19.1 Å². The molecule has 0 aliphatic heterocycles. The Labute approximate surface area is 158 Å². The number of amides is 1. The minimum absolute atomic E-state index is 0.0557. The zero-order valence-corrected chi connectivity index (χ0v) is 15.4. The van der Waals surface area contributed by atoms with E-state index in [2.05, 4.69) is 5.32 Å². The van der Waals surface area contributed by atoms with Crippen molar-refractivity contribution in [3.05, 3.63) is 64.7 Å². The minimum Gasteiger partial charge on any atom is -0.454 e. The fourth-order valence-electron chi connectivity index (χ4n) is 3.19. The van der Waals surface area contributed by atoms with Crippen molar-refractivity contribution in [2.24, 2.45) is 0 Å². The molecule has 2 aromatic rings. The maximum Gasteiger partial charge on any atom is 0.338 e. The van der Waals surface area contributed by atoms with E-state index in [4.69, 9.17) is 4.74 Å². The summed E-state index contributed by atoms with van der Waals surface area (Å²) in [6.07, 6.45) is 4.38. The molecule has 0 bridgehead atoms. The lowest BCUT2D eigenvalue weighted by Gasteiger charge is -2.07. The molecule has 0 aromatic heterocycles. The molecule has 5 nitrogen and oxygen atoms in total. The Hall–Kier alpha value is -2.95. The van der Waals surface area contributed by atoms with Crippen molar-refractivity contribution in [2.45, 2.75) is 39.0 Å². The summed E-state index contributed by atoms with van der Waals surface area (Å²) in [4.78, 5) is 36.0. The molecule has 0 saturated heterocycles. The van der Waals surface area contributed by atoms with Crippen LogP contribution in [0.3, 0.4) is 0 Å². The van der Waals surface area contributed by atoms with Crippen LogP contribution < -0.4 is 5.32 Å². The summed E-state index contributed by atoms with van der Waals surface area (Å²) in [5.74, 6) is -0.822. The van der Waals surface area contributed by atoms with Crippen LogP contribution in [-0.2, 0) is 22.4 Å². The summed E-state index contributed by atoms with van der Waals surface area (Å²) in [7, 11) is 0. The van der Waals surface area contributed by atoms with Crippen LogP contribution in [-0.4, -0.2) is 24.3 Å². The highest BCUT2D eigenvalue weighted by atomic mass is 16.5. The first-order chi connectivity index (χ1) is 13.1. The van der Waals surface area contributed by atoms with E-state index in [-0.39, 0.29) is 18.3 Å². The quantitative estimate of drug-likeness (QED) is 0.596. The van der Waals surface area contributed by atoms with Gasteiger partial charge in [-0.2, -0.15) is 0 Å². The molecule has 140 valence electrons. The Morgan fingerprint density at radius 1 is 0.963 bits per heavy atom. The molecule has 1 N–H and O–H groups in total. The fourth-order valence-corrected chi connectivity index (χ4v) is 3.19. The molecule has 0 saturated carbocycles. The second-order valence-electron chi connectivity index (χ2n) is 6.71. The molecule has 1 amide bonds. The van der Waals surface area contributed by atoms with Crippen LogP contribution >= 0.6 is 0 Å². The molecular formula is C22H23NO4. The predicted molar refractivity (Wildman–Crippen MR) is 103 cm³/mol. The average molecular weight is 365 g/mol. The average Bonchev–Trinajstić information content (AvgIpc) is 3.14. The number of esters is 1. The zero-order chi connectivity index (χ0) is 19.2. The van der Waals surface area contributed by atoms with E-state index in [0.29, 0.717) is 23.2 Å². The lowest BCUT2D eigenvalue weighted by Crippen LogP contribution is -2.15. The van der Waals surface area contributed by atoms with E-state index in [0.717, 1.165) is 25.7 Å². The summed E-state index contributed by atoms with van der Waals surface area (Å²) in [6, 6.07) is 12.2. The number of rotatable bonds is 7. The smallest absolute Gasteiger partial charge is 0.338 e. The Bertz CT molecular complexity index is 855. The van der Waals surface area contributed by atoms with E-state index in [9.17, 15) is 14.4 Å². The first-order valence-electron chi connectivity index (χ1n) is 9.29. The normalized spacial score (nSPS) is 12.3. The van der Waals surface area contributed by atoms with Crippen LogP contribution in [0.15, 0.2) is 42.5 Å². The van der Waals surface area contributed by atoms with Crippen molar-refractivity contribution in [1.82, 2.24) is 0 Å². The van der Waals surface area contributed by atoms with Crippen molar-refractivity contribution in [3.63, 3.8) is 0 Å². The molecule has 0 heterocycles. The van der Waals surface area contributed by atoms with E-state index >= 15 is 0 Å². The minimum atomic E-state index is -0.485. The van der Waals surface area contributed by atoms with Crippen LogP contribution in [0, 0.1) is 0 Å². The summed E-state index contributed by atoms with van der Waals surface area (Å²) >= 11 is 0. The van der Waals surface area contributed by atoms with Crippen LogP contribution in [0.2, 0.25) is 0 Å². The van der Waals surface area contributed by atoms with Gasteiger partial charge < -0.3 is 10.1 Å². The lowest BCUT2D eigenvalue weighted by molar-refractivity contribution is -0.116. The highest BCUT2D eigenvalue weighted by molar-refractivity contribution is 6.00. The number of carbonyl (C=O) groups is 3. The Kier molecular flexibility index (Phi) is 6.01. The molecule has 2 aromatic carbocycles. The highest BCUT2D eigenvalue weighted by Crippen LogP contribution is 2.23. The van der Waals surface area contributed by atoms with Gasteiger partial charge in [-0.25, -0.2) is 4.79 Å². The summed E-state index contributed by atoms with van der Waals surface area (Å²) in [5, 5.41) is 2.77. The Morgan fingerprint density at radius 2 is 1.67 bits per heavy atom. The first-order valence-corrected chi connectivity index (χ1v) is 9.29. The van der Waals surface area contributed by atoms with Gasteiger partial charge in [-0.15, -0.1) is 0 Å². The van der Waals surface area contributed by atoms with Gasteiger partial charge in [0, 0.05) is 17.7 Å². The van der Waals surface area contributed by atoms with Gasteiger partial charge in [-0.1, -0.05) is 13.0 Å². The lowest BCUT2D eigenvalue weighted by atomic mass is 10.1. The summed E-state index contributed by atoms with van der Waals surface area (Å²) in [5.41, 5.74) is 4.04. The van der Waals surface area contributed by atoms with Gasteiger partial charge in [0.15, 0.2) is 12.4 Å². The number of benzene rings is 2. The number of aryl methyl sites for hydroxylation is 2. The zero-order valence-electron chi connectivity index (χ0n) is 15.4. The molecule has 0 unspecified atom stereocenters. The molecule has 5 heteroatoms. The van der Waals surface area contributed by atoms with E-state index < -0.39 is 5.97 Å². The van der Waals surface area contributed by atoms with Gasteiger partial charge in [-0.05, 0) is 73.2 Å². The third-order valence-electron chi connectivity index (χ3n) is 4.64. The largest absolute Gasteiger partial charge is 0.454 e. The van der Waals surface area contributed by atoms with Crippen molar-refractivity contribution in [3.8, 4) is 0 Å². The van der Waals surface area contributed by atoms with Gasteiger partial charge >= 0.3 is 5.97 Å². The molecule has 0 fully saturated rings. The van der Waals surface area contributed by atoms with Crippen LogP contribution in [0.25, 0.3) is 0 Å². The number of Topliss-reactive ketones (excluding diaryl/α,β-unsaturated/α-hetero) is 1.